The van der Waals surface area contributed by atoms with Crippen LogP contribution in [0.15, 0.2) is 0 Å². The van der Waals surface area contributed by atoms with Crippen LogP contribution in [0.1, 0.15) is 40.0 Å². The second-order valence-corrected chi connectivity index (χ2v) is 5.61. The van der Waals surface area contributed by atoms with Crippen LogP contribution in [0, 0.1) is 16.7 Å². The third-order valence-electron chi connectivity index (χ3n) is 4.83. The molecular weight excluding hydrogens is 150 g/mol. The maximum Gasteiger partial charge on any atom is 0.172 e. The molecule has 2 nitrogen and oxygen atoms in total. The Morgan fingerprint density at radius 2 is 2.00 bits per heavy atom. The van der Waals surface area contributed by atoms with Gasteiger partial charge in [0.05, 0.1) is 0 Å². The molecule has 0 amide bonds. The molecule has 0 radical (unpaired) electrons. The van der Waals surface area contributed by atoms with Crippen molar-refractivity contribution >= 4 is 0 Å². The first kappa shape index (κ1) is 7.34. The van der Waals surface area contributed by atoms with Crippen LogP contribution in [0.5, 0.6) is 0 Å². The highest BCUT2D eigenvalue weighted by Gasteiger charge is 2.77. The van der Waals surface area contributed by atoms with E-state index in [9.17, 15) is 0 Å². The number of hydroxylamine groups is 1. The summed E-state index contributed by atoms with van der Waals surface area (Å²) in [7, 11) is 0. The van der Waals surface area contributed by atoms with Crippen molar-refractivity contribution in [2.75, 3.05) is 0 Å². The number of nitrogens with one attached hydrogen (secondary N) is 1. The van der Waals surface area contributed by atoms with Gasteiger partial charge in [-0.15, -0.1) is 0 Å². The fourth-order valence-corrected chi connectivity index (χ4v) is 3.80. The van der Waals surface area contributed by atoms with Gasteiger partial charge in [-0.25, -0.2) is 0 Å². The third-order valence-corrected chi connectivity index (χ3v) is 4.83. The molecule has 0 aromatic rings. The average Bonchev–Trinajstić information content (AvgIpc) is 2.68. The summed E-state index contributed by atoms with van der Waals surface area (Å²) in [5.41, 5.74) is 3.98. The Kier molecular flexibility index (Phi) is 0.978. The van der Waals surface area contributed by atoms with Gasteiger partial charge in [0.25, 0.3) is 0 Å². The van der Waals surface area contributed by atoms with Crippen molar-refractivity contribution in [3.63, 3.8) is 0 Å². The van der Waals surface area contributed by atoms with Crippen molar-refractivity contribution in [2.45, 2.75) is 45.8 Å². The smallest absolute Gasteiger partial charge is 0.172 e. The van der Waals surface area contributed by atoms with Gasteiger partial charge in [0.15, 0.2) is 5.72 Å². The summed E-state index contributed by atoms with van der Waals surface area (Å²) in [6, 6.07) is 0. The van der Waals surface area contributed by atoms with Gasteiger partial charge in [0, 0.05) is 10.8 Å². The molecule has 1 N–H and O–H groups in total. The summed E-state index contributed by atoms with van der Waals surface area (Å²) in [6.07, 6.45) is 4.09. The van der Waals surface area contributed by atoms with Crippen LogP contribution in [-0.4, -0.2) is 5.72 Å². The molecule has 2 aliphatic carbocycles. The molecule has 68 valence electrons. The van der Waals surface area contributed by atoms with Crippen molar-refractivity contribution in [1.82, 2.24) is 5.48 Å². The Balaban J connectivity index is 2.11. The van der Waals surface area contributed by atoms with E-state index in [-0.39, 0.29) is 5.72 Å². The maximum absolute atomic E-state index is 5.56. The SMILES string of the molecule is CC1(C)[C@H]2CC[C@](C)(C2)C12NO2. The summed E-state index contributed by atoms with van der Waals surface area (Å²) in [5, 5.41) is 0. The molecule has 1 spiro atoms. The zero-order chi connectivity index (χ0) is 8.61. The number of hydrogen-bond donors (Lipinski definition) is 1. The molecular formula is C10H17NO. The van der Waals surface area contributed by atoms with Gasteiger partial charge in [-0.2, -0.15) is 5.48 Å². The van der Waals surface area contributed by atoms with Crippen molar-refractivity contribution in [1.29, 1.82) is 0 Å². The van der Waals surface area contributed by atoms with Crippen molar-refractivity contribution in [3.05, 3.63) is 0 Å². The predicted molar refractivity (Wildman–Crippen MR) is 46.2 cm³/mol. The molecule has 3 atom stereocenters. The average molecular weight is 167 g/mol. The lowest BCUT2D eigenvalue weighted by molar-refractivity contribution is 0.0304. The van der Waals surface area contributed by atoms with Gasteiger partial charge in [0.1, 0.15) is 0 Å². The van der Waals surface area contributed by atoms with E-state index in [2.05, 4.69) is 26.3 Å². The van der Waals surface area contributed by atoms with E-state index >= 15 is 0 Å². The molecule has 3 fully saturated rings. The van der Waals surface area contributed by atoms with Gasteiger partial charge in [0.2, 0.25) is 0 Å². The molecule has 12 heavy (non-hydrogen) atoms. The largest absolute Gasteiger partial charge is 0.273 e. The summed E-state index contributed by atoms with van der Waals surface area (Å²) < 4.78 is 0. The molecule has 1 unspecified atom stereocenters. The summed E-state index contributed by atoms with van der Waals surface area (Å²) in [6.45, 7) is 7.08. The standard InChI is InChI=1S/C10H17NO/c1-8(2)7-4-5-9(3,6-7)10(8)11-12-10/h7,11H,4-6H2,1-3H3/t7-,9+,10?/m0/s1. The summed E-state index contributed by atoms with van der Waals surface area (Å²) >= 11 is 0. The lowest BCUT2D eigenvalue weighted by Crippen LogP contribution is -2.46. The number of fused-ring (bicyclic) bond motifs is 3. The van der Waals surface area contributed by atoms with E-state index in [4.69, 9.17) is 4.84 Å². The normalized spacial score (nSPS) is 59.8. The molecule has 1 saturated heterocycles. The highest BCUT2D eigenvalue weighted by atomic mass is 16.8. The second-order valence-electron chi connectivity index (χ2n) is 5.61. The van der Waals surface area contributed by atoms with Gasteiger partial charge < -0.3 is 0 Å². The lowest BCUT2D eigenvalue weighted by atomic mass is 9.67. The first-order valence-corrected chi connectivity index (χ1v) is 4.97. The minimum Gasteiger partial charge on any atom is -0.273 e. The quantitative estimate of drug-likeness (QED) is 0.560. The van der Waals surface area contributed by atoms with Gasteiger partial charge in [-0.1, -0.05) is 20.8 Å². The van der Waals surface area contributed by atoms with Crippen LogP contribution in [0.4, 0.5) is 0 Å². The first-order chi connectivity index (χ1) is 5.52. The topological polar surface area (TPSA) is 34.5 Å². The van der Waals surface area contributed by atoms with E-state index in [1.165, 1.54) is 19.3 Å². The molecule has 2 heteroatoms. The van der Waals surface area contributed by atoms with Crippen molar-refractivity contribution in [3.8, 4) is 0 Å². The summed E-state index contributed by atoms with van der Waals surface area (Å²) in [4.78, 5) is 5.56. The fourth-order valence-electron chi connectivity index (χ4n) is 3.80. The molecule has 2 bridgehead atoms. The highest BCUT2D eigenvalue weighted by molar-refractivity contribution is 5.20. The van der Waals surface area contributed by atoms with E-state index in [0.29, 0.717) is 10.8 Å². The monoisotopic (exact) mass is 167 g/mol. The second kappa shape index (κ2) is 1.60. The molecule has 3 rings (SSSR count). The van der Waals surface area contributed by atoms with Gasteiger partial charge >= 0.3 is 0 Å². The van der Waals surface area contributed by atoms with E-state index in [0.717, 1.165) is 5.92 Å². The van der Waals surface area contributed by atoms with E-state index < -0.39 is 0 Å². The minimum absolute atomic E-state index is 0.0446. The van der Waals surface area contributed by atoms with Crippen molar-refractivity contribution < 1.29 is 4.84 Å². The number of hydrogen-bond acceptors (Lipinski definition) is 2. The van der Waals surface area contributed by atoms with Crippen LogP contribution >= 0.6 is 0 Å². The molecule has 2 saturated carbocycles. The lowest BCUT2D eigenvalue weighted by Gasteiger charge is -2.38. The van der Waals surface area contributed by atoms with Crippen molar-refractivity contribution in [2.24, 2.45) is 16.7 Å². The molecule has 1 aliphatic heterocycles. The zero-order valence-corrected chi connectivity index (χ0v) is 8.11. The fraction of sp³-hybridized carbons (Fsp3) is 1.00. The Hall–Kier alpha value is -0.0800. The Bertz CT molecular complexity index is 237. The molecule has 0 aromatic heterocycles. The Morgan fingerprint density at radius 3 is 2.33 bits per heavy atom. The van der Waals surface area contributed by atoms with Crippen LogP contribution in [-0.2, 0) is 4.84 Å². The zero-order valence-electron chi connectivity index (χ0n) is 8.11. The van der Waals surface area contributed by atoms with Crippen LogP contribution in [0.3, 0.4) is 0 Å². The van der Waals surface area contributed by atoms with Gasteiger partial charge in [-0.3, -0.25) is 4.84 Å². The first-order valence-electron chi connectivity index (χ1n) is 4.97. The van der Waals surface area contributed by atoms with Gasteiger partial charge in [-0.05, 0) is 25.2 Å². The Labute approximate surface area is 73.6 Å². The minimum atomic E-state index is 0.0446. The van der Waals surface area contributed by atoms with Crippen LogP contribution in [0.2, 0.25) is 0 Å². The van der Waals surface area contributed by atoms with E-state index in [1.54, 1.807) is 0 Å². The molecule has 0 aromatic carbocycles. The molecule has 1 heterocycles. The van der Waals surface area contributed by atoms with Crippen LogP contribution in [0.25, 0.3) is 0 Å². The predicted octanol–water partition coefficient (Wildman–Crippen LogP) is 2.06. The summed E-state index contributed by atoms with van der Waals surface area (Å²) in [5.74, 6) is 0.873. The number of rotatable bonds is 0. The highest BCUT2D eigenvalue weighted by Crippen LogP contribution is 2.71. The Morgan fingerprint density at radius 1 is 1.33 bits per heavy atom. The van der Waals surface area contributed by atoms with E-state index in [1.807, 2.05) is 0 Å². The third kappa shape index (κ3) is 0.495. The van der Waals surface area contributed by atoms with Crippen LogP contribution < -0.4 is 5.48 Å². The molecule has 3 aliphatic rings. The maximum atomic E-state index is 5.56.